The van der Waals surface area contributed by atoms with Crippen molar-refractivity contribution in [3.63, 3.8) is 0 Å². The van der Waals surface area contributed by atoms with Crippen LogP contribution in [0.25, 0.3) is 6.08 Å². The van der Waals surface area contributed by atoms with Crippen LogP contribution >= 0.6 is 15.9 Å². The number of amides is 1. The van der Waals surface area contributed by atoms with E-state index in [2.05, 4.69) is 15.9 Å². The number of ether oxygens (including phenoxy) is 1. The van der Waals surface area contributed by atoms with Crippen LogP contribution in [0, 0.1) is 0 Å². The van der Waals surface area contributed by atoms with Crippen LogP contribution in [0.4, 0.5) is 5.69 Å². The maximum atomic E-state index is 13.0. The second-order valence-corrected chi connectivity index (χ2v) is 6.45. The third-order valence-electron chi connectivity index (χ3n) is 3.98. The summed E-state index contributed by atoms with van der Waals surface area (Å²) in [7, 11) is 1.31. The lowest BCUT2D eigenvalue weighted by Gasteiger charge is -2.18. The van der Waals surface area contributed by atoms with Crippen LogP contribution in [-0.4, -0.2) is 19.0 Å². The second kappa shape index (κ2) is 7.07. The maximum absolute atomic E-state index is 13.0. The molecular weight excluding hydrogens is 382 g/mol. The van der Waals surface area contributed by atoms with E-state index in [4.69, 9.17) is 4.74 Å². The van der Waals surface area contributed by atoms with E-state index in [1.54, 1.807) is 13.0 Å². The molecule has 2 aromatic rings. The molecule has 0 atom stereocenters. The number of carbonyl (C=O) groups excluding carboxylic acids is 2. The summed E-state index contributed by atoms with van der Waals surface area (Å²) in [5.74, 6) is -0.767. The quantitative estimate of drug-likeness (QED) is 0.571. The van der Waals surface area contributed by atoms with Gasteiger partial charge in [0.05, 0.1) is 18.3 Å². The van der Waals surface area contributed by atoms with Crippen LogP contribution in [0.5, 0.6) is 0 Å². The SMILES string of the molecule is COC(=O)C1=C(C)N(c2ccc(Br)cc2)C(=O)/C1=C\c1ccccc1. The van der Waals surface area contributed by atoms with Gasteiger partial charge in [-0.05, 0) is 42.8 Å². The number of halogens is 1. The van der Waals surface area contributed by atoms with Crippen molar-refractivity contribution in [1.29, 1.82) is 0 Å². The Hall–Kier alpha value is -2.66. The fraction of sp³-hybridized carbons (Fsp3) is 0.100. The van der Waals surface area contributed by atoms with Gasteiger partial charge >= 0.3 is 5.97 Å². The zero-order valence-electron chi connectivity index (χ0n) is 13.8. The van der Waals surface area contributed by atoms with Gasteiger partial charge in [0.2, 0.25) is 0 Å². The zero-order chi connectivity index (χ0) is 18.0. The summed E-state index contributed by atoms with van der Waals surface area (Å²) in [4.78, 5) is 26.9. The lowest BCUT2D eigenvalue weighted by molar-refractivity contribution is -0.136. The molecule has 1 aliphatic rings. The van der Waals surface area contributed by atoms with Gasteiger partial charge in [0.1, 0.15) is 0 Å². The Kier molecular flexibility index (Phi) is 4.86. The summed E-state index contributed by atoms with van der Waals surface area (Å²) in [5.41, 5.74) is 2.72. The number of rotatable bonds is 3. The largest absolute Gasteiger partial charge is 0.465 e. The molecule has 0 aromatic heterocycles. The Balaban J connectivity index is 2.13. The number of esters is 1. The predicted octanol–water partition coefficient (Wildman–Crippen LogP) is 4.33. The molecule has 0 spiro atoms. The first-order chi connectivity index (χ1) is 12.0. The highest BCUT2D eigenvalue weighted by atomic mass is 79.9. The summed E-state index contributed by atoms with van der Waals surface area (Å²) in [5, 5.41) is 0. The number of hydrogen-bond acceptors (Lipinski definition) is 3. The molecule has 1 amide bonds. The first kappa shape index (κ1) is 17.2. The Morgan fingerprint density at radius 1 is 1.08 bits per heavy atom. The van der Waals surface area contributed by atoms with Crippen molar-refractivity contribution in [2.24, 2.45) is 0 Å². The number of allylic oxidation sites excluding steroid dienone is 1. The molecule has 126 valence electrons. The molecule has 1 aliphatic heterocycles. The number of hydrogen-bond donors (Lipinski definition) is 0. The van der Waals surface area contributed by atoms with Gasteiger partial charge in [0, 0.05) is 15.9 Å². The van der Waals surface area contributed by atoms with Gasteiger partial charge in [-0.15, -0.1) is 0 Å². The summed E-state index contributed by atoms with van der Waals surface area (Å²) in [6, 6.07) is 16.8. The number of carbonyl (C=O) groups is 2. The predicted molar refractivity (Wildman–Crippen MR) is 101 cm³/mol. The van der Waals surface area contributed by atoms with E-state index in [-0.39, 0.29) is 5.91 Å². The van der Waals surface area contributed by atoms with Gasteiger partial charge in [-0.1, -0.05) is 46.3 Å². The van der Waals surface area contributed by atoms with Crippen molar-refractivity contribution < 1.29 is 14.3 Å². The van der Waals surface area contributed by atoms with E-state index in [0.29, 0.717) is 22.5 Å². The topological polar surface area (TPSA) is 46.6 Å². The van der Waals surface area contributed by atoms with Crippen LogP contribution < -0.4 is 4.90 Å². The van der Waals surface area contributed by atoms with Crippen LogP contribution in [0.2, 0.25) is 0 Å². The first-order valence-corrected chi connectivity index (χ1v) is 8.48. The van der Waals surface area contributed by atoms with E-state index in [9.17, 15) is 9.59 Å². The van der Waals surface area contributed by atoms with Crippen LogP contribution in [-0.2, 0) is 14.3 Å². The fourth-order valence-corrected chi connectivity index (χ4v) is 3.06. The van der Waals surface area contributed by atoms with Gasteiger partial charge in [-0.2, -0.15) is 0 Å². The Bertz CT molecular complexity index is 883. The molecule has 0 N–H and O–H groups in total. The van der Waals surface area contributed by atoms with Crippen LogP contribution in [0.3, 0.4) is 0 Å². The summed E-state index contributed by atoms with van der Waals surface area (Å²) in [6.45, 7) is 1.75. The summed E-state index contributed by atoms with van der Waals surface area (Å²) >= 11 is 3.39. The van der Waals surface area contributed by atoms with Crippen molar-refractivity contribution in [3.05, 3.63) is 81.5 Å². The second-order valence-electron chi connectivity index (χ2n) is 5.54. The first-order valence-electron chi connectivity index (χ1n) is 7.69. The van der Waals surface area contributed by atoms with Crippen molar-refractivity contribution in [3.8, 4) is 0 Å². The Labute approximate surface area is 154 Å². The third kappa shape index (κ3) is 3.28. The monoisotopic (exact) mass is 397 g/mol. The van der Waals surface area contributed by atoms with Crippen molar-refractivity contribution in [2.45, 2.75) is 6.92 Å². The highest BCUT2D eigenvalue weighted by Crippen LogP contribution is 2.35. The molecule has 0 aliphatic carbocycles. The van der Waals surface area contributed by atoms with Crippen molar-refractivity contribution in [2.75, 3.05) is 12.0 Å². The van der Waals surface area contributed by atoms with E-state index in [0.717, 1.165) is 10.0 Å². The number of methoxy groups -OCH3 is 1. The van der Waals surface area contributed by atoms with Gasteiger partial charge < -0.3 is 4.74 Å². The van der Waals surface area contributed by atoms with Crippen molar-refractivity contribution >= 4 is 39.6 Å². The van der Waals surface area contributed by atoms with E-state index in [1.165, 1.54) is 12.0 Å². The van der Waals surface area contributed by atoms with Gasteiger partial charge in [0.25, 0.3) is 5.91 Å². The molecule has 0 saturated heterocycles. The van der Waals surface area contributed by atoms with Crippen LogP contribution in [0.1, 0.15) is 12.5 Å². The molecule has 0 fully saturated rings. The van der Waals surface area contributed by atoms with E-state index < -0.39 is 5.97 Å². The van der Waals surface area contributed by atoms with Gasteiger partial charge in [-0.3, -0.25) is 9.69 Å². The Morgan fingerprint density at radius 3 is 2.32 bits per heavy atom. The molecule has 25 heavy (non-hydrogen) atoms. The van der Waals surface area contributed by atoms with E-state index in [1.807, 2.05) is 54.6 Å². The van der Waals surface area contributed by atoms with Crippen molar-refractivity contribution in [1.82, 2.24) is 0 Å². The maximum Gasteiger partial charge on any atom is 0.340 e. The number of nitrogens with zero attached hydrogens (tertiary/aromatic N) is 1. The molecule has 0 saturated carbocycles. The number of benzene rings is 2. The number of anilines is 1. The van der Waals surface area contributed by atoms with Gasteiger partial charge in [0.15, 0.2) is 0 Å². The minimum Gasteiger partial charge on any atom is -0.465 e. The summed E-state index contributed by atoms with van der Waals surface area (Å²) in [6.07, 6.45) is 1.72. The minimum atomic E-state index is -0.521. The molecule has 0 bridgehead atoms. The molecule has 2 aromatic carbocycles. The highest BCUT2D eigenvalue weighted by molar-refractivity contribution is 9.10. The molecule has 0 radical (unpaired) electrons. The summed E-state index contributed by atoms with van der Waals surface area (Å²) < 4.78 is 5.81. The average Bonchev–Trinajstić information content (AvgIpc) is 2.86. The smallest absolute Gasteiger partial charge is 0.340 e. The van der Waals surface area contributed by atoms with Gasteiger partial charge in [-0.25, -0.2) is 4.79 Å². The molecule has 3 rings (SSSR count). The Morgan fingerprint density at radius 2 is 1.72 bits per heavy atom. The fourth-order valence-electron chi connectivity index (χ4n) is 2.80. The molecule has 0 unspecified atom stereocenters. The lowest BCUT2D eigenvalue weighted by Crippen LogP contribution is -2.24. The minimum absolute atomic E-state index is 0.246. The van der Waals surface area contributed by atoms with E-state index >= 15 is 0 Å². The standard InChI is InChI=1S/C20H16BrNO3/c1-13-18(20(24)25-2)17(12-14-6-4-3-5-7-14)19(23)22(13)16-10-8-15(21)9-11-16/h3-12H,1-2H3/b17-12-. The lowest BCUT2D eigenvalue weighted by atomic mass is 10.0. The highest BCUT2D eigenvalue weighted by Gasteiger charge is 2.37. The normalized spacial score (nSPS) is 15.9. The average molecular weight is 398 g/mol. The third-order valence-corrected chi connectivity index (χ3v) is 4.51. The zero-order valence-corrected chi connectivity index (χ0v) is 15.4. The molecular formula is C20H16BrNO3. The molecule has 4 nitrogen and oxygen atoms in total. The molecule has 1 heterocycles. The molecule has 5 heteroatoms. The van der Waals surface area contributed by atoms with Crippen LogP contribution in [0.15, 0.2) is 75.9 Å².